The molecule has 2 aromatic rings. The van der Waals surface area contributed by atoms with E-state index in [1.807, 2.05) is 24.3 Å². The molecule has 0 bridgehead atoms. The normalized spacial score (nSPS) is 12.2. The molecule has 0 fully saturated rings. The largest absolute Gasteiger partial charge is 0.497 e. The van der Waals surface area contributed by atoms with Crippen LogP contribution in [-0.4, -0.2) is 18.3 Å². The Morgan fingerprint density at radius 1 is 1.10 bits per heavy atom. The van der Waals surface area contributed by atoms with Crippen LogP contribution in [0.5, 0.6) is 5.75 Å². The Bertz CT molecular complexity index is 569. The van der Waals surface area contributed by atoms with Crippen LogP contribution in [0.2, 0.25) is 0 Å². The fourth-order valence-corrected chi connectivity index (χ4v) is 2.47. The van der Waals surface area contributed by atoms with E-state index in [0.29, 0.717) is 17.3 Å². The van der Waals surface area contributed by atoms with Gasteiger partial charge in [-0.15, -0.1) is 0 Å². The predicted molar refractivity (Wildman–Crippen MR) is 80.5 cm³/mol. The zero-order valence-electron chi connectivity index (χ0n) is 11.1. The third-order valence-electron chi connectivity index (χ3n) is 3.09. The molecule has 0 saturated carbocycles. The molecule has 4 heteroatoms. The lowest BCUT2D eigenvalue weighted by Gasteiger charge is -2.11. The van der Waals surface area contributed by atoms with Crippen molar-refractivity contribution in [3.8, 4) is 5.75 Å². The van der Waals surface area contributed by atoms with Crippen LogP contribution in [0.4, 0.5) is 4.39 Å². The van der Waals surface area contributed by atoms with Crippen LogP contribution in [0.3, 0.4) is 0 Å². The maximum Gasteiger partial charge on any atom is 0.137 e. The molecular formula is C16H16BrFO2. The van der Waals surface area contributed by atoms with E-state index in [2.05, 4.69) is 15.9 Å². The minimum absolute atomic E-state index is 0.293. The summed E-state index contributed by atoms with van der Waals surface area (Å²) in [4.78, 5) is 0. The van der Waals surface area contributed by atoms with Crippen LogP contribution in [0.15, 0.2) is 46.9 Å². The Labute approximate surface area is 126 Å². The molecule has 0 radical (unpaired) electrons. The molecule has 0 saturated heterocycles. The van der Waals surface area contributed by atoms with Gasteiger partial charge in [0.1, 0.15) is 11.6 Å². The molecule has 2 aromatic carbocycles. The summed E-state index contributed by atoms with van der Waals surface area (Å²) in [6, 6.07) is 12.4. The number of hydrogen-bond donors (Lipinski definition) is 1. The summed E-state index contributed by atoms with van der Waals surface area (Å²) in [7, 11) is 1.62. The van der Waals surface area contributed by atoms with Gasteiger partial charge in [-0.1, -0.05) is 18.2 Å². The van der Waals surface area contributed by atoms with Crippen LogP contribution < -0.4 is 4.74 Å². The van der Waals surface area contributed by atoms with Crippen LogP contribution in [0.25, 0.3) is 0 Å². The number of aliphatic hydroxyl groups is 1. The summed E-state index contributed by atoms with van der Waals surface area (Å²) in [6.45, 7) is 0. The highest BCUT2D eigenvalue weighted by molar-refractivity contribution is 9.10. The smallest absolute Gasteiger partial charge is 0.137 e. The highest BCUT2D eigenvalue weighted by Crippen LogP contribution is 2.19. The third kappa shape index (κ3) is 4.05. The molecule has 2 rings (SSSR count). The zero-order chi connectivity index (χ0) is 14.5. The first kappa shape index (κ1) is 15.0. The lowest BCUT2D eigenvalue weighted by molar-refractivity contribution is 0.175. The van der Waals surface area contributed by atoms with E-state index < -0.39 is 6.10 Å². The highest BCUT2D eigenvalue weighted by atomic mass is 79.9. The number of ether oxygens (including phenoxy) is 1. The van der Waals surface area contributed by atoms with Gasteiger partial charge in [0.05, 0.1) is 17.7 Å². The molecule has 2 nitrogen and oxygen atoms in total. The molecule has 1 atom stereocenters. The topological polar surface area (TPSA) is 29.5 Å². The number of benzene rings is 2. The van der Waals surface area contributed by atoms with Gasteiger partial charge in [0, 0.05) is 0 Å². The lowest BCUT2D eigenvalue weighted by Crippen LogP contribution is -2.14. The van der Waals surface area contributed by atoms with E-state index in [4.69, 9.17) is 4.74 Å². The molecule has 106 valence electrons. The third-order valence-corrected chi connectivity index (χ3v) is 3.69. The van der Waals surface area contributed by atoms with Crippen molar-refractivity contribution in [2.24, 2.45) is 0 Å². The SMILES string of the molecule is COc1ccc(CC(O)Cc2ccc(F)c(Br)c2)cc1. The second-order valence-electron chi connectivity index (χ2n) is 4.66. The summed E-state index contributed by atoms with van der Waals surface area (Å²) in [5, 5.41) is 10.1. The van der Waals surface area contributed by atoms with Crippen molar-refractivity contribution in [3.63, 3.8) is 0 Å². The van der Waals surface area contributed by atoms with E-state index in [9.17, 15) is 9.50 Å². The summed E-state index contributed by atoms with van der Waals surface area (Å²) in [6.07, 6.45) is 0.546. The van der Waals surface area contributed by atoms with Crippen molar-refractivity contribution in [1.29, 1.82) is 0 Å². The summed E-state index contributed by atoms with van der Waals surface area (Å²) >= 11 is 3.15. The van der Waals surface area contributed by atoms with Crippen molar-refractivity contribution in [2.45, 2.75) is 18.9 Å². The van der Waals surface area contributed by atoms with Gasteiger partial charge in [-0.3, -0.25) is 0 Å². The maximum atomic E-state index is 13.1. The fraction of sp³-hybridized carbons (Fsp3) is 0.250. The molecule has 0 spiro atoms. The van der Waals surface area contributed by atoms with E-state index in [1.165, 1.54) is 6.07 Å². The molecule has 0 heterocycles. The summed E-state index contributed by atoms with van der Waals surface area (Å²) in [5.41, 5.74) is 1.94. The van der Waals surface area contributed by atoms with Crippen LogP contribution >= 0.6 is 15.9 Å². The number of rotatable bonds is 5. The quantitative estimate of drug-likeness (QED) is 0.899. The van der Waals surface area contributed by atoms with E-state index in [0.717, 1.165) is 16.9 Å². The van der Waals surface area contributed by atoms with E-state index >= 15 is 0 Å². The van der Waals surface area contributed by atoms with Crippen LogP contribution in [0, 0.1) is 5.82 Å². The Balaban J connectivity index is 1.97. The average Bonchev–Trinajstić information content (AvgIpc) is 2.44. The van der Waals surface area contributed by atoms with Gasteiger partial charge in [-0.25, -0.2) is 4.39 Å². The van der Waals surface area contributed by atoms with Gasteiger partial charge in [0.2, 0.25) is 0 Å². The molecule has 0 aliphatic heterocycles. The molecule has 1 N–H and O–H groups in total. The number of hydrogen-bond acceptors (Lipinski definition) is 2. The Morgan fingerprint density at radius 2 is 1.70 bits per heavy atom. The minimum atomic E-state index is -0.499. The fourth-order valence-electron chi connectivity index (χ4n) is 2.04. The zero-order valence-corrected chi connectivity index (χ0v) is 12.7. The lowest BCUT2D eigenvalue weighted by atomic mass is 10.0. The Hall–Kier alpha value is -1.39. The molecular weight excluding hydrogens is 323 g/mol. The van der Waals surface area contributed by atoms with E-state index in [-0.39, 0.29) is 5.82 Å². The number of halogens is 2. The Kier molecular flexibility index (Phi) is 5.15. The van der Waals surface area contributed by atoms with Crippen molar-refractivity contribution < 1.29 is 14.2 Å². The predicted octanol–water partition coefficient (Wildman–Crippen LogP) is 3.74. The first-order valence-electron chi connectivity index (χ1n) is 6.33. The van der Waals surface area contributed by atoms with Gasteiger partial charge < -0.3 is 9.84 Å². The monoisotopic (exact) mass is 338 g/mol. The first-order valence-corrected chi connectivity index (χ1v) is 7.12. The van der Waals surface area contributed by atoms with Gasteiger partial charge in [-0.2, -0.15) is 0 Å². The second kappa shape index (κ2) is 6.86. The Morgan fingerprint density at radius 3 is 2.30 bits per heavy atom. The van der Waals surface area contributed by atoms with Gasteiger partial charge >= 0.3 is 0 Å². The highest BCUT2D eigenvalue weighted by Gasteiger charge is 2.09. The van der Waals surface area contributed by atoms with E-state index in [1.54, 1.807) is 19.2 Å². The maximum absolute atomic E-state index is 13.1. The van der Waals surface area contributed by atoms with Crippen molar-refractivity contribution in [2.75, 3.05) is 7.11 Å². The average molecular weight is 339 g/mol. The first-order chi connectivity index (χ1) is 9.58. The van der Waals surface area contributed by atoms with Crippen molar-refractivity contribution in [1.82, 2.24) is 0 Å². The second-order valence-corrected chi connectivity index (χ2v) is 5.51. The molecule has 0 amide bonds. The number of methoxy groups -OCH3 is 1. The number of aliphatic hydroxyl groups excluding tert-OH is 1. The molecule has 1 unspecified atom stereocenters. The van der Waals surface area contributed by atoms with Crippen molar-refractivity contribution >= 4 is 15.9 Å². The molecule has 0 aliphatic rings. The molecule has 0 aromatic heterocycles. The molecule has 0 aliphatic carbocycles. The summed E-state index contributed by atoms with van der Waals surface area (Å²) < 4.78 is 18.6. The van der Waals surface area contributed by atoms with Crippen LogP contribution in [-0.2, 0) is 12.8 Å². The van der Waals surface area contributed by atoms with Crippen molar-refractivity contribution in [3.05, 3.63) is 63.9 Å². The van der Waals surface area contributed by atoms with Gasteiger partial charge in [-0.05, 0) is 64.2 Å². The van der Waals surface area contributed by atoms with Crippen LogP contribution in [0.1, 0.15) is 11.1 Å². The van der Waals surface area contributed by atoms with Gasteiger partial charge in [0.15, 0.2) is 0 Å². The standard InChI is InChI=1S/C16H16BrFO2/c1-20-14-5-2-11(3-6-14)8-13(19)9-12-4-7-16(18)15(17)10-12/h2-7,10,13,19H,8-9H2,1H3. The minimum Gasteiger partial charge on any atom is -0.497 e. The van der Waals surface area contributed by atoms with Gasteiger partial charge in [0.25, 0.3) is 0 Å². The summed E-state index contributed by atoms with van der Waals surface area (Å²) in [5.74, 6) is 0.504. The molecule has 20 heavy (non-hydrogen) atoms.